The molecule has 2 aliphatic rings. The number of piperazine rings is 1. The molecule has 0 aromatic heterocycles. The predicted molar refractivity (Wildman–Crippen MR) is 100 cm³/mol. The Morgan fingerprint density at radius 1 is 1.04 bits per heavy atom. The number of methoxy groups -OCH3 is 1. The number of nitrogens with zero attached hydrogens (tertiary/aromatic N) is 3. The number of carbonyl (C=O) groups is 1. The molecule has 1 aromatic rings. The number of ether oxygens (including phenoxy) is 2. The maximum atomic E-state index is 12.8. The van der Waals surface area contributed by atoms with Crippen molar-refractivity contribution in [3.8, 4) is 5.75 Å². The largest absolute Gasteiger partial charge is 0.497 e. The fraction of sp³-hybridized carbons (Fsp3) is 0.611. The van der Waals surface area contributed by atoms with Crippen molar-refractivity contribution in [3.05, 3.63) is 24.3 Å². The Morgan fingerprint density at radius 2 is 1.67 bits per heavy atom. The Morgan fingerprint density at radius 3 is 2.26 bits per heavy atom. The van der Waals surface area contributed by atoms with Gasteiger partial charge in [0.15, 0.2) is 0 Å². The summed E-state index contributed by atoms with van der Waals surface area (Å²) >= 11 is 0. The van der Waals surface area contributed by atoms with Crippen LogP contribution in [0.3, 0.4) is 0 Å². The van der Waals surface area contributed by atoms with Crippen molar-refractivity contribution in [2.24, 2.45) is 0 Å². The summed E-state index contributed by atoms with van der Waals surface area (Å²) in [7, 11) is -1.95. The van der Waals surface area contributed by atoms with Crippen LogP contribution in [-0.2, 0) is 19.6 Å². The predicted octanol–water partition coefficient (Wildman–Crippen LogP) is 0.250. The fourth-order valence-electron chi connectivity index (χ4n) is 3.31. The minimum atomic E-state index is -3.50. The second kappa shape index (κ2) is 9.01. The average molecular weight is 397 g/mol. The summed E-state index contributed by atoms with van der Waals surface area (Å²) in [6, 6.07) is 6.45. The van der Waals surface area contributed by atoms with Crippen LogP contribution in [0.15, 0.2) is 29.2 Å². The first-order chi connectivity index (χ1) is 13.0. The highest BCUT2D eigenvalue weighted by Gasteiger charge is 2.28. The molecule has 9 heteroatoms. The van der Waals surface area contributed by atoms with E-state index in [2.05, 4.69) is 4.90 Å². The van der Waals surface area contributed by atoms with Crippen molar-refractivity contribution in [2.75, 3.05) is 66.1 Å². The number of amides is 1. The Labute approximate surface area is 160 Å². The molecule has 8 nitrogen and oxygen atoms in total. The first kappa shape index (κ1) is 20.1. The smallest absolute Gasteiger partial charge is 0.243 e. The van der Waals surface area contributed by atoms with Crippen LogP contribution in [0.5, 0.6) is 5.75 Å². The van der Waals surface area contributed by atoms with Crippen molar-refractivity contribution in [1.29, 1.82) is 0 Å². The molecule has 0 atom stereocenters. The van der Waals surface area contributed by atoms with Gasteiger partial charge in [0.1, 0.15) is 5.75 Å². The van der Waals surface area contributed by atoms with E-state index in [1.54, 1.807) is 31.4 Å². The highest BCUT2D eigenvalue weighted by molar-refractivity contribution is 7.89. The molecule has 2 fully saturated rings. The SMILES string of the molecule is COc1ccc(S(=O)(=O)N2CCN(CCC(=O)N3CCOCC3)CC2)cc1. The van der Waals surface area contributed by atoms with Gasteiger partial charge in [0, 0.05) is 52.2 Å². The van der Waals surface area contributed by atoms with Crippen LogP contribution in [0.4, 0.5) is 0 Å². The lowest BCUT2D eigenvalue weighted by Gasteiger charge is -2.34. The maximum Gasteiger partial charge on any atom is 0.243 e. The summed E-state index contributed by atoms with van der Waals surface area (Å²) in [5.74, 6) is 0.773. The first-order valence-corrected chi connectivity index (χ1v) is 10.7. The van der Waals surface area contributed by atoms with Crippen LogP contribution in [0.2, 0.25) is 0 Å². The Bertz CT molecular complexity index is 724. The van der Waals surface area contributed by atoms with Crippen molar-refractivity contribution in [1.82, 2.24) is 14.1 Å². The summed E-state index contributed by atoms with van der Waals surface area (Å²) in [5.41, 5.74) is 0. The Balaban J connectivity index is 1.48. The second-order valence-electron chi connectivity index (χ2n) is 6.66. The van der Waals surface area contributed by atoms with Crippen LogP contribution >= 0.6 is 0 Å². The van der Waals surface area contributed by atoms with Gasteiger partial charge < -0.3 is 19.3 Å². The molecule has 2 saturated heterocycles. The third kappa shape index (κ3) is 4.98. The van der Waals surface area contributed by atoms with E-state index in [1.165, 1.54) is 4.31 Å². The summed E-state index contributed by atoms with van der Waals surface area (Å²) in [6.07, 6.45) is 0.464. The highest BCUT2D eigenvalue weighted by Crippen LogP contribution is 2.20. The van der Waals surface area contributed by atoms with E-state index in [0.717, 1.165) is 0 Å². The van der Waals surface area contributed by atoms with E-state index in [9.17, 15) is 13.2 Å². The molecule has 0 radical (unpaired) electrons. The van der Waals surface area contributed by atoms with Crippen LogP contribution in [0, 0.1) is 0 Å². The van der Waals surface area contributed by atoms with Gasteiger partial charge in [-0.15, -0.1) is 0 Å². The third-order valence-electron chi connectivity index (χ3n) is 5.03. The topological polar surface area (TPSA) is 79.4 Å². The second-order valence-corrected chi connectivity index (χ2v) is 8.60. The van der Waals surface area contributed by atoms with E-state index < -0.39 is 10.0 Å². The molecule has 0 saturated carbocycles. The van der Waals surface area contributed by atoms with Crippen molar-refractivity contribution >= 4 is 15.9 Å². The fourth-order valence-corrected chi connectivity index (χ4v) is 4.74. The van der Waals surface area contributed by atoms with Crippen molar-refractivity contribution in [3.63, 3.8) is 0 Å². The molecule has 0 aliphatic carbocycles. The van der Waals surface area contributed by atoms with E-state index in [1.807, 2.05) is 4.90 Å². The standard InChI is InChI=1S/C18H27N3O5S/c1-25-16-2-4-17(5-3-16)27(23,24)21-10-8-19(9-11-21)7-6-18(22)20-12-14-26-15-13-20/h2-5H,6-15H2,1H3. The quantitative estimate of drug-likeness (QED) is 0.685. The number of hydrogen-bond donors (Lipinski definition) is 0. The van der Waals surface area contributed by atoms with Gasteiger partial charge in [-0.2, -0.15) is 4.31 Å². The van der Waals surface area contributed by atoms with E-state index in [4.69, 9.17) is 9.47 Å². The van der Waals surface area contributed by atoms with Crippen LogP contribution < -0.4 is 4.74 Å². The summed E-state index contributed by atoms with van der Waals surface area (Å²) < 4.78 is 37.4. The van der Waals surface area contributed by atoms with Gasteiger partial charge in [0.05, 0.1) is 25.2 Å². The summed E-state index contributed by atoms with van der Waals surface area (Å²) in [6.45, 7) is 5.31. The Hall–Kier alpha value is -1.68. The molecule has 150 valence electrons. The number of benzene rings is 1. The van der Waals surface area contributed by atoms with Gasteiger partial charge >= 0.3 is 0 Å². The molecule has 1 amide bonds. The molecule has 1 aromatic carbocycles. The van der Waals surface area contributed by atoms with Gasteiger partial charge in [-0.25, -0.2) is 8.42 Å². The molecule has 0 spiro atoms. The van der Waals surface area contributed by atoms with Gasteiger partial charge in [-0.1, -0.05) is 0 Å². The molecule has 0 bridgehead atoms. The highest BCUT2D eigenvalue weighted by atomic mass is 32.2. The molecular weight excluding hydrogens is 370 g/mol. The average Bonchev–Trinajstić information content (AvgIpc) is 2.73. The van der Waals surface area contributed by atoms with Crippen LogP contribution in [-0.4, -0.2) is 94.6 Å². The summed E-state index contributed by atoms with van der Waals surface area (Å²) in [5, 5.41) is 0. The summed E-state index contributed by atoms with van der Waals surface area (Å²) in [4.78, 5) is 16.5. The van der Waals surface area contributed by atoms with Crippen molar-refractivity contribution in [2.45, 2.75) is 11.3 Å². The van der Waals surface area contributed by atoms with Crippen molar-refractivity contribution < 1.29 is 22.7 Å². The molecule has 27 heavy (non-hydrogen) atoms. The zero-order chi connectivity index (χ0) is 19.3. The number of carbonyl (C=O) groups excluding carboxylic acids is 1. The monoisotopic (exact) mass is 397 g/mol. The number of hydrogen-bond acceptors (Lipinski definition) is 6. The van der Waals surface area contributed by atoms with Gasteiger partial charge in [0.2, 0.25) is 15.9 Å². The van der Waals surface area contributed by atoms with E-state index >= 15 is 0 Å². The zero-order valence-corrected chi connectivity index (χ0v) is 16.5. The van der Waals surface area contributed by atoms with E-state index in [0.29, 0.717) is 71.2 Å². The van der Waals surface area contributed by atoms with Gasteiger partial charge in [-0.05, 0) is 24.3 Å². The number of sulfonamides is 1. The lowest BCUT2D eigenvalue weighted by molar-refractivity contribution is -0.135. The maximum absolute atomic E-state index is 12.8. The number of morpholine rings is 1. The van der Waals surface area contributed by atoms with E-state index in [-0.39, 0.29) is 10.8 Å². The molecule has 2 aliphatic heterocycles. The molecule has 2 heterocycles. The van der Waals surface area contributed by atoms with Gasteiger partial charge in [0.25, 0.3) is 0 Å². The third-order valence-corrected chi connectivity index (χ3v) is 6.95. The molecule has 3 rings (SSSR count). The first-order valence-electron chi connectivity index (χ1n) is 9.23. The molecule has 0 unspecified atom stereocenters. The molecular formula is C18H27N3O5S. The zero-order valence-electron chi connectivity index (χ0n) is 15.7. The minimum absolute atomic E-state index is 0.145. The van der Waals surface area contributed by atoms with Crippen LogP contribution in [0.25, 0.3) is 0 Å². The molecule has 0 N–H and O–H groups in total. The normalized spacial score (nSPS) is 19.8. The lowest BCUT2D eigenvalue weighted by Crippen LogP contribution is -2.49. The number of rotatable bonds is 6. The minimum Gasteiger partial charge on any atom is -0.497 e. The Kier molecular flexibility index (Phi) is 6.69. The lowest BCUT2D eigenvalue weighted by atomic mass is 10.3. The van der Waals surface area contributed by atoms with Gasteiger partial charge in [-0.3, -0.25) is 4.79 Å². The van der Waals surface area contributed by atoms with Crippen LogP contribution in [0.1, 0.15) is 6.42 Å².